The Morgan fingerprint density at radius 3 is 0.878 bits per heavy atom. The lowest BCUT2D eigenvalue weighted by atomic mass is 9.85. The molecule has 20 aromatic carbocycles. The molecular weight excluding hydrogens is 1690 g/mol. The zero-order valence-electron chi connectivity index (χ0n) is 75.9. The minimum Gasteiger partial charge on any atom is -0.297 e. The van der Waals surface area contributed by atoms with Crippen LogP contribution in [0.2, 0.25) is 0 Å². The highest BCUT2D eigenvalue weighted by Gasteiger charge is 2.25. The molecule has 0 radical (unpaired) electrons. The normalized spacial score (nSPS) is 11.3. The van der Waals surface area contributed by atoms with Crippen molar-refractivity contribution in [1.82, 2.24) is 49.0 Å². The van der Waals surface area contributed by atoms with Gasteiger partial charge in [-0.3, -0.25) is 14.1 Å². The Balaban J connectivity index is 0.000000115. The summed E-state index contributed by atoms with van der Waals surface area (Å²) in [4.78, 5) is 40.3. The summed E-state index contributed by atoms with van der Waals surface area (Å²) < 4.78 is 4.51. The van der Waals surface area contributed by atoms with Gasteiger partial charge >= 0.3 is 0 Å². The standard InChI is InChI=1S/C48H32N6.C43H28N2.C38H26N2/c1-6-16-33(17-7-1)38-26-27-49-43(28-38)46-52-47(44-31-39(34-18-8-2-9-19-34)29-41(50-44)36-22-12-4-13-23-36)54-48(53-46)45-32-40(35-20-10-3-11-21-35)30-42(51-45)37-24-14-5-15-25-37;1-2-13-31(14-3-1)43-44-39-20-10-11-21-40(39)45(43)34-26-24-30(25-27-34)41-35-16-6-8-18-37(35)42(38-19-9-7-17-36(38)41)33-23-22-29-12-4-5-15-32(29)28-33;1-25-39-35-16-8-9-17-36(35)40(25)30-22-20-27(21-23-30)37-31-12-4-6-14-33(31)38(34-15-7-5-13-32(34)37)29-19-18-26-10-2-3-11-28(26)24-29/h1-32H;1-28H;2-24H,1H3. The number of para-hydroxylation sites is 4. The number of fused-ring (bicyclic) bond motifs is 8. The van der Waals surface area contributed by atoms with Crippen molar-refractivity contribution in [3.63, 3.8) is 0 Å². The zero-order valence-corrected chi connectivity index (χ0v) is 75.9. The molecule has 0 saturated heterocycles. The molecule has 26 rings (SSSR count). The van der Waals surface area contributed by atoms with Gasteiger partial charge in [-0.25, -0.2) is 34.9 Å². The number of aryl methyl sites for hydroxylation is 1. The minimum absolute atomic E-state index is 0.421. The Morgan fingerprint density at radius 1 is 0.173 bits per heavy atom. The molecule has 0 saturated carbocycles. The van der Waals surface area contributed by atoms with Crippen molar-refractivity contribution in [3.05, 3.63) is 509 Å². The van der Waals surface area contributed by atoms with Crippen molar-refractivity contribution in [2.45, 2.75) is 6.92 Å². The van der Waals surface area contributed by atoms with Crippen molar-refractivity contribution in [2.24, 2.45) is 0 Å². The predicted molar refractivity (Wildman–Crippen MR) is 576 cm³/mol. The van der Waals surface area contributed by atoms with E-state index in [1.807, 2.05) is 127 Å². The van der Waals surface area contributed by atoms with Crippen LogP contribution in [0.25, 0.3) is 244 Å². The summed E-state index contributed by atoms with van der Waals surface area (Å²) in [6.45, 7) is 2.07. The first-order valence-corrected chi connectivity index (χ1v) is 46.9. The fourth-order valence-electron chi connectivity index (χ4n) is 19.8. The maximum Gasteiger partial charge on any atom is 0.182 e. The van der Waals surface area contributed by atoms with E-state index in [0.717, 1.165) is 107 Å². The first kappa shape index (κ1) is 83.4. The molecule has 652 valence electrons. The number of pyridine rings is 3. The molecule has 26 aromatic rings. The molecular formula is C129H86N10. The summed E-state index contributed by atoms with van der Waals surface area (Å²) in [6.07, 6.45) is 1.80. The Morgan fingerprint density at radius 2 is 0.468 bits per heavy atom. The van der Waals surface area contributed by atoms with Crippen molar-refractivity contribution in [3.8, 4) is 158 Å². The van der Waals surface area contributed by atoms with Gasteiger partial charge in [0, 0.05) is 34.3 Å². The van der Waals surface area contributed by atoms with E-state index in [-0.39, 0.29) is 0 Å². The van der Waals surface area contributed by atoms with E-state index in [4.69, 9.17) is 39.9 Å². The van der Waals surface area contributed by atoms with E-state index in [1.165, 1.54) is 109 Å². The maximum atomic E-state index is 5.17. The minimum atomic E-state index is 0.421. The van der Waals surface area contributed by atoms with Gasteiger partial charge in [0.15, 0.2) is 17.5 Å². The molecule has 10 heteroatoms. The van der Waals surface area contributed by atoms with Gasteiger partial charge in [0.05, 0.1) is 33.5 Å². The van der Waals surface area contributed by atoms with Crippen LogP contribution in [0.15, 0.2) is 504 Å². The number of rotatable bonds is 15. The summed E-state index contributed by atoms with van der Waals surface area (Å²) in [5, 5.41) is 15.1. The largest absolute Gasteiger partial charge is 0.297 e. The number of hydrogen-bond acceptors (Lipinski definition) is 8. The molecule has 10 nitrogen and oxygen atoms in total. The van der Waals surface area contributed by atoms with Crippen LogP contribution in [0.3, 0.4) is 0 Å². The molecule has 6 heterocycles. The molecule has 0 fully saturated rings. The quantitative estimate of drug-likeness (QED) is 0.0933. The number of nitrogens with zero attached hydrogens (tertiary/aromatic N) is 10. The van der Waals surface area contributed by atoms with Crippen LogP contribution in [0.1, 0.15) is 5.82 Å². The van der Waals surface area contributed by atoms with E-state index in [9.17, 15) is 0 Å². The predicted octanol–water partition coefficient (Wildman–Crippen LogP) is 33.0. The van der Waals surface area contributed by atoms with Gasteiger partial charge < -0.3 is 0 Å². The smallest absolute Gasteiger partial charge is 0.182 e. The van der Waals surface area contributed by atoms with Gasteiger partial charge in [-0.05, 0) is 247 Å². The summed E-state index contributed by atoms with van der Waals surface area (Å²) in [7, 11) is 0. The molecule has 0 bridgehead atoms. The van der Waals surface area contributed by atoms with E-state index in [1.54, 1.807) is 6.20 Å². The van der Waals surface area contributed by atoms with E-state index in [2.05, 4.69) is 386 Å². The third-order valence-electron chi connectivity index (χ3n) is 26.3. The van der Waals surface area contributed by atoms with Crippen molar-refractivity contribution in [1.29, 1.82) is 0 Å². The SMILES string of the molecule is Cc1nc2ccccc2n1-c1ccc(-c2c3ccccc3c(-c3ccc4ccccc4c3)c3ccccc23)cc1.c1ccc(-c2ccnc(-c3nc(-c4cc(-c5ccccc5)cc(-c5ccccc5)n4)nc(-c4cc(-c5ccccc5)cc(-c5ccccc5)n4)n3)c2)cc1.c1ccc(-c2nc3ccccc3n2-c2ccc(-c3c4ccccc4c(-c4ccc5ccccc5c4)c4ccccc34)cc2)cc1. The van der Waals surface area contributed by atoms with Crippen LogP contribution in [0, 0.1) is 6.92 Å². The summed E-state index contributed by atoms with van der Waals surface area (Å²) in [5.74, 6) is 3.20. The van der Waals surface area contributed by atoms with Crippen molar-refractivity contribution >= 4 is 86.7 Å². The van der Waals surface area contributed by atoms with Gasteiger partial charge in [0.25, 0.3) is 0 Å². The first-order valence-electron chi connectivity index (χ1n) is 46.9. The third kappa shape index (κ3) is 16.3. The number of hydrogen-bond donors (Lipinski definition) is 0. The molecule has 0 aliphatic heterocycles. The topological polar surface area (TPSA) is 113 Å². The average Bonchev–Trinajstić information content (AvgIpc) is 1.40. The molecule has 139 heavy (non-hydrogen) atoms. The summed E-state index contributed by atoms with van der Waals surface area (Å²) in [6, 6.07) is 175. The molecule has 0 spiro atoms. The van der Waals surface area contributed by atoms with E-state index in [0.29, 0.717) is 34.6 Å². The van der Waals surface area contributed by atoms with Crippen LogP contribution in [-0.2, 0) is 0 Å². The average molecular weight is 1780 g/mol. The summed E-state index contributed by atoms with van der Waals surface area (Å²) in [5.41, 5.74) is 29.2. The lowest BCUT2D eigenvalue weighted by Gasteiger charge is -2.18. The second-order valence-electron chi connectivity index (χ2n) is 34.8. The van der Waals surface area contributed by atoms with Gasteiger partial charge in [-0.15, -0.1) is 0 Å². The second kappa shape index (κ2) is 36.7. The zero-order chi connectivity index (χ0) is 92.5. The Hall–Kier alpha value is -18.6. The van der Waals surface area contributed by atoms with Crippen LogP contribution in [-0.4, -0.2) is 49.0 Å². The Labute approximate surface area is 804 Å². The lowest BCUT2D eigenvalue weighted by Crippen LogP contribution is -2.04. The summed E-state index contributed by atoms with van der Waals surface area (Å²) >= 11 is 0. The van der Waals surface area contributed by atoms with Crippen LogP contribution >= 0.6 is 0 Å². The molecule has 0 aliphatic carbocycles. The maximum absolute atomic E-state index is 5.17. The van der Waals surface area contributed by atoms with E-state index >= 15 is 0 Å². The lowest BCUT2D eigenvalue weighted by molar-refractivity contribution is 1.00. The molecule has 0 unspecified atom stereocenters. The number of aromatic nitrogens is 10. The van der Waals surface area contributed by atoms with Crippen molar-refractivity contribution in [2.75, 3.05) is 0 Å². The number of imidazole rings is 2. The van der Waals surface area contributed by atoms with Crippen LogP contribution in [0.4, 0.5) is 0 Å². The molecule has 0 amide bonds. The Kier molecular flexibility index (Phi) is 22.0. The Bertz CT molecular complexity index is 8730. The fourth-order valence-corrected chi connectivity index (χ4v) is 19.8. The highest BCUT2D eigenvalue weighted by Crippen LogP contribution is 2.48. The molecule has 6 aromatic heterocycles. The molecule has 0 aliphatic rings. The highest BCUT2D eigenvalue weighted by atomic mass is 15.1. The monoisotopic (exact) mass is 1770 g/mol. The van der Waals surface area contributed by atoms with Crippen LogP contribution in [0.5, 0.6) is 0 Å². The van der Waals surface area contributed by atoms with Crippen molar-refractivity contribution < 1.29 is 0 Å². The van der Waals surface area contributed by atoms with Crippen LogP contribution < -0.4 is 0 Å². The molecule has 0 N–H and O–H groups in total. The van der Waals surface area contributed by atoms with Gasteiger partial charge in [0.1, 0.15) is 28.7 Å². The second-order valence-corrected chi connectivity index (χ2v) is 34.8. The highest BCUT2D eigenvalue weighted by molar-refractivity contribution is 6.23. The van der Waals surface area contributed by atoms with E-state index < -0.39 is 0 Å². The van der Waals surface area contributed by atoms with Gasteiger partial charge in [-0.2, -0.15) is 0 Å². The third-order valence-corrected chi connectivity index (χ3v) is 26.3. The number of benzene rings is 20. The first-order chi connectivity index (χ1) is 68.8. The fraction of sp³-hybridized carbons (Fsp3) is 0.00775. The van der Waals surface area contributed by atoms with Gasteiger partial charge in [0.2, 0.25) is 0 Å². The molecule has 0 atom stereocenters. The van der Waals surface area contributed by atoms with Gasteiger partial charge in [-0.1, -0.05) is 400 Å².